The lowest BCUT2D eigenvalue weighted by Gasteiger charge is -2.42. The number of carbonyl (C=O) groups excluding carboxylic acids is 2. The number of amides is 2. The number of hydrogen-bond acceptors (Lipinski definition) is 3. The van der Waals surface area contributed by atoms with Crippen LogP contribution in [-0.2, 0) is 9.59 Å². The molecule has 2 aliphatic rings. The fourth-order valence-electron chi connectivity index (χ4n) is 5.33. The second-order valence-electron chi connectivity index (χ2n) is 9.49. The van der Waals surface area contributed by atoms with Crippen molar-refractivity contribution < 1.29 is 18.7 Å². The molecular weight excluding hydrogens is 419 g/mol. The summed E-state index contributed by atoms with van der Waals surface area (Å²) in [6.07, 6.45) is 4.04. The Morgan fingerprint density at radius 2 is 1.73 bits per heavy atom. The molecule has 1 heterocycles. The highest BCUT2D eigenvalue weighted by molar-refractivity contribution is 5.97. The number of methoxy groups -OCH3 is 1. The molecule has 2 aromatic rings. The Balaban J connectivity index is 1.67. The minimum absolute atomic E-state index is 0.0266. The summed E-state index contributed by atoms with van der Waals surface area (Å²) in [6, 6.07) is 13.1. The van der Waals surface area contributed by atoms with Crippen LogP contribution in [0.15, 0.2) is 48.5 Å². The third-order valence-corrected chi connectivity index (χ3v) is 7.53. The summed E-state index contributed by atoms with van der Waals surface area (Å²) in [5.74, 6) is 0.842. The van der Waals surface area contributed by atoms with E-state index in [-0.39, 0.29) is 23.7 Å². The van der Waals surface area contributed by atoms with Crippen LogP contribution >= 0.6 is 0 Å². The molecule has 1 N–H and O–H groups in total. The first-order valence-corrected chi connectivity index (χ1v) is 11.9. The van der Waals surface area contributed by atoms with Gasteiger partial charge in [-0.1, -0.05) is 38.8 Å². The van der Waals surface area contributed by atoms with Crippen LogP contribution in [0.3, 0.4) is 0 Å². The summed E-state index contributed by atoms with van der Waals surface area (Å²) in [6.45, 7) is 4.45. The van der Waals surface area contributed by atoms with Crippen LogP contribution in [0.25, 0.3) is 0 Å². The van der Waals surface area contributed by atoms with E-state index in [1.54, 1.807) is 36.3 Å². The van der Waals surface area contributed by atoms with Crippen molar-refractivity contribution in [3.63, 3.8) is 0 Å². The summed E-state index contributed by atoms with van der Waals surface area (Å²) in [5, 5.41) is 3.31. The standard InChI is InChI=1S/C27H33FN2O3/c1-17-5-4-6-24(18(17)2)29-27(32)23-15-16-25(31)30(21-11-13-22(33-3)14-12-21)26(23)19-7-9-20(28)10-8-19/h7-14,17-18,23-24,26H,4-6,15-16H2,1-3H3,(H,29,32)/t17-,18+,23-,24+,26+/m1/s1. The lowest BCUT2D eigenvalue weighted by molar-refractivity contribution is -0.130. The van der Waals surface area contributed by atoms with Gasteiger partial charge in [0.1, 0.15) is 11.6 Å². The number of halogens is 1. The number of benzene rings is 2. The number of nitrogens with one attached hydrogen (secondary N) is 1. The molecule has 4 rings (SSSR count). The quantitative estimate of drug-likeness (QED) is 0.673. The lowest BCUT2D eigenvalue weighted by Crippen LogP contribution is -2.52. The predicted octanol–water partition coefficient (Wildman–Crippen LogP) is 5.26. The summed E-state index contributed by atoms with van der Waals surface area (Å²) >= 11 is 0. The zero-order chi connectivity index (χ0) is 23.5. The van der Waals surface area contributed by atoms with Crippen molar-refractivity contribution in [2.75, 3.05) is 12.0 Å². The van der Waals surface area contributed by atoms with E-state index in [2.05, 4.69) is 19.2 Å². The Morgan fingerprint density at radius 1 is 1.03 bits per heavy atom. The summed E-state index contributed by atoms with van der Waals surface area (Å²) in [7, 11) is 1.59. The Bertz CT molecular complexity index is 976. The van der Waals surface area contributed by atoms with Crippen molar-refractivity contribution in [1.29, 1.82) is 0 Å². The van der Waals surface area contributed by atoms with E-state index in [4.69, 9.17) is 4.74 Å². The van der Waals surface area contributed by atoms with E-state index in [1.807, 2.05) is 12.1 Å². The van der Waals surface area contributed by atoms with Gasteiger partial charge >= 0.3 is 0 Å². The van der Waals surface area contributed by atoms with Gasteiger partial charge in [-0.25, -0.2) is 4.39 Å². The van der Waals surface area contributed by atoms with Crippen LogP contribution in [0.5, 0.6) is 5.75 Å². The van der Waals surface area contributed by atoms with Gasteiger partial charge in [-0.05, 0) is 66.6 Å². The molecule has 0 radical (unpaired) electrons. The summed E-state index contributed by atoms with van der Waals surface area (Å²) in [4.78, 5) is 28.5. The Labute approximate surface area is 195 Å². The van der Waals surface area contributed by atoms with Crippen LogP contribution in [0.2, 0.25) is 0 Å². The molecule has 1 saturated carbocycles. The number of hydrogen-bond donors (Lipinski definition) is 1. The third kappa shape index (κ3) is 4.90. The Hall–Kier alpha value is -2.89. The highest BCUT2D eigenvalue weighted by Crippen LogP contribution is 2.41. The molecule has 6 heteroatoms. The maximum atomic E-state index is 13.7. The van der Waals surface area contributed by atoms with E-state index < -0.39 is 12.0 Å². The van der Waals surface area contributed by atoms with Gasteiger partial charge in [-0.15, -0.1) is 0 Å². The molecule has 1 aliphatic carbocycles. The fourth-order valence-corrected chi connectivity index (χ4v) is 5.33. The smallest absolute Gasteiger partial charge is 0.227 e. The normalized spacial score (nSPS) is 27.8. The van der Waals surface area contributed by atoms with Crippen molar-refractivity contribution in [2.45, 2.75) is 58.0 Å². The van der Waals surface area contributed by atoms with Gasteiger partial charge in [0, 0.05) is 18.2 Å². The van der Waals surface area contributed by atoms with Gasteiger partial charge in [0.05, 0.1) is 19.1 Å². The molecule has 2 amide bonds. The second kappa shape index (κ2) is 9.94. The number of piperidine rings is 1. The average Bonchev–Trinajstić information content (AvgIpc) is 2.82. The molecule has 176 valence electrons. The zero-order valence-electron chi connectivity index (χ0n) is 19.6. The zero-order valence-corrected chi connectivity index (χ0v) is 19.6. The van der Waals surface area contributed by atoms with Crippen LogP contribution in [-0.4, -0.2) is 25.0 Å². The molecule has 2 fully saturated rings. The number of carbonyl (C=O) groups is 2. The second-order valence-corrected chi connectivity index (χ2v) is 9.49. The van der Waals surface area contributed by atoms with Crippen molar-refractivity contribution in [1.82, 2.24) is 5.32 Å². The van der Waals surface area contributed by atoms with Crippen molar-refractivity contribution in [2.24, 2.45) is 17.8 Å². The molecule has 0 bridgehead atoms. The van der Waals surface area contributed by atoms with Gasteiger partial charge in [-0.2, -0.15) is 0 Å². The molecule has 5 nitrogen and oxygen atoms in total. The number of ether oxygens (including phenoxy) is 1. The van der Waals surface area contributed by atoms with E-state index in [0.717, 1.165) is 18.4 Å². The van der Waals surface area contributed by atoms with E-state index in [9.17, 15) is 14.0 Å². The minimum Gasteiger partial charge on any atom is -0.497 e. The monoisotopic (exact) mass is 452 g/mol. The Kier molecular flexibility index (Phi) is 7.01. The maximum absolute atomic E-state index is 13.7. The van der Waals surface area contributed by atoms with Crippen LogP contribution in [0, 0.1) is 23.6 Å². The van der Waals surface area contributed by atoms with Crippen LogP contribution in [0.4, 0.5) is 10.1 Å². The molecule has 5 atom stereocenters. The number of anilines is 1. The van der Waals surface area contributed by atoms with Gasteiger partial charge < -0.3 is 15.0 Å². The molecular formula is C27H33FN2O3. The fraction of sp³-hybridized carbons (Fsp3) is 0.481. The highest BCUT2D eigenvalue weighted by atomic mass is 19.1. The third-order valence-electron chi connectivity index (χ3n) is 7.53. The molecule has 0 spiro atoms. The van der Waals surface area contributed by atoms with Crippen LogP contribution in [0.1, 0.15) is 57.6 Å². The predicted molar refractivity (Wildman–Crippen MR) is 126 cm³/mol. The largest absolute Gasteiger partial charge is 0.497 e. The molecule has 0 aromatic heterocycles. The maximum Gasteiger partial charge on any atom is 0.227 e. The first-order chi connectivity index (χ1) is 15.9. The van der Waals surface area contributed by atoms with E-state index in [0.29, 0.717) is 36.1 Å². The molecule has 1 aliphatic heterocycles. The topological polar surface area (TPSA) is 58.6 Å². The summed E-state index contributed by atoms with van der Waals surface area (Å²) < 4.78 is 19.0. The molecule has 33 heavy (non-hydrogen) atoms. The van der Waals surface area contributed by atoms with Crippen LogP contribution < -0.4 is 15.0 Å². The SMILES string of the molecule is COc1ccc(N2C(=O)CC[C@@H](C(=O)N[C@H]3CCC[C@@H](C)[C@@H]3C)[C@@H]2c2ccc(F)cc2)cc1. The van der Waals surface area contributed by atoms with Gasteiger partial charge in [-0.3, -0.25) is 9.59 Å². The molecule has 0 unspecified atom stereocenters. The van der Waals surface area contributed by atoms with E-state index in [1.165, 1.54) is 18.6 Å². The number of rotatable bonds is 5. The van der Waals surface area contributed by atoms with Crippen molar-refractivity contribution >= 4 is 17.5 Å². The lowest BCUT2D eigenvalue weighted by atomic mass is 9.77. The molecule has 2 aromatic carbocycles. The van der Waals surface area contributed by atoms with Crippen molar-refractivity contribution in [3.05, 3.63) is 59.9 Å². The molecule has 1 saturated heterocycles. The van der Waals surface area contributed by atoms with Gasteiger partial charge in [0.15, 0.2) is 0 Å². The first-order valence-electron chi connectivity index (χ1n) is 11.9. The Morgan fingerprint density at radius 3 is 2.39 bits per heavy atom. The van der Waals surface area contributed by atoms with Crippen molar-refractivity contribution in [3.8, 4) is 5.75 Å². The first kappa shape index (κ1) is 23.3. The summed E-state index contributed by atoms with van der Waals surface area (Å²) in [5.41, 5.74) is 1.46. The average molecular weight is 453 g/mol. The van der Waals surface area contributed by atoms with Gasteiger partial charge in [0.25, 0.3) is 0 Å². The van der Waals surface area contributed by atoms with E-state index >= 15 is 0 Å². The highest BCUT2D eigenvalue weighted by Gasteiger charge is 2.42. The number of nitrogens with zero attached hydrogens (tertiary/aromatic N) is 1. The van der Waals surface area contributed by atoms with Gasteiger partial charge in [0.2, 0.25) is 11.8 Å². The minimum atomic E-state index is -0.503.